The van der Waals surface area contributed by atoms with Gasteiger partial charge < -0.3 is 16.0 Å². The molecule has 4 N–H and O–H groups in total. The van der Waals surface area contributed by atoms with Crippen LogP contribution in [0.1, 0.15) is 42.7 Å². The summed E-state index contributed by atoms with van der Waals surface area (Å²) in [5.41, 5.74) is 13.0. The van der Waals surface area contributed by atoms with E-state index in [4.69, 9.17) is 34.5 Å². The summed E-state index contributed by atoms with van der Waals surface area (Å²) in [6, 6.07) is 11.5. The fourth-order valence-electron chi connectivity index (χ4n) is 5.79. The molecule has 3 atom stereocenters. The number of imidazole rings is 1. The molecule has 2 aliphatic rings. The van der Waals surface area contributed by atoms with Gasteiger partial charge in [-0.25, -0.2) is 9.88 Å². The molecule has 0 aliphatic carbocycles. The second kappa shape index (κ2) is 12.7. The molecule has 0 spiro atoms. The van der Waals surface area contributed by atoms with E-state index < -0.39 is 17.5 Å². The number of nitrogens with two attached hydrogens (primary N) is 1. The van der Waals surface area contributed by atoms with E-state index in [2.05, 4.69) is 36.6 Å². The first kappa shape index (κ1) is 31.6. The molecule has 12 nitrogen and oxygen atoms in total. The standard InChI is InChI=1S/C29H30BrCl2N9O3/c1-16(26(43)39-9-3-4-18(15-39)24(33)37-38-34)36-25(42)23-14-35-28-40(22-11-20(31)10-21(32)12-22)27(44)29(2,41(23)28)13-17-5-7-19(30)8-6-17/h5-8,10-12,14,16,18H,3-4,9,13,15H2,1-2H3,(H,36,42)(H3,33,34,37)/t16-,18+,29+/m0/s1. The van der Waals surface area contributed by atoms with E-state index in [1.54, 1.807) is 41.5 Å². The molecule has 0 bridgehead atoms. The Morgan fingerprint density at radius 3 is 2.57 bits per heavy atom. The van der Waals surface area contributed by atoms with Gasteiger partial charge in [-0.1, -0.05) is 56.5 Å². The van der Waals surface area contributed by atoms with E-state index in [-0.39, 0.29) is 41.6 Å². The van der Waals surface area contributed by atoms with Crippen LogP contribution < -0.4 is 16.0 Å². The van der Waals surface area contributed by atoms with E-state index in [0.717, 1.165) is 16.5 Å². The van der Waals surface area contributed by atoms with Gasteiger partial charge in [-0.3, -0.25) is 19.0 Å². The predicted octanol–water partition coefficient (Wildman–Crippen LogP) is 5.25. The van der Waals surface area contributed by atoms with Crippen molar-refractivity contribution in [3.63, 3.8) is 0 Å². The van der Waals surface area contributed by atoms with Crippen molar-refractivity contribution >= 4 is 74.3 Å². The molecule has 0 saturated carbocycles. The van der Waals surface area contributed by atoms with Gasteiger partial charge in [0.15, 0.2) is 0 Å². The summed E-state index contributed by atoms with van der Waals surface area (Å²) in [5.74, 6) is -0.969. The van der Waals surface area contributed by atoms with Crippen LogP contribution in [0.5, 0.6) is 0 Å². The van der Waals surface area contributed by atoms with Crippen molar-refractivity contribution in [1.29, 1.82) is 5.53 Å². The van der Waals surface area contributed by atoms with Crippen molar-refractivity contribution in [2.75, 3.05) is 18.0 Å². The molecule has 3 heterocycles. The van der Waals surface area contributed by atoms with Gasteiger partial charge in [0.1, 0.15) is 23.1 Å². The van der Waals surface area contributed by atoms with E-state index in [9.17, 15) is 14.4 Å². The second-order valence-electron chi connectivity index (χ2n) is 11.1. The summed E-state index contributed by atoms with van der Waals surface area (Å²) in [5, 5.41) is 10.1. The third-order valence-corrected chi connectivity index (χ3v) is 8.90. The summed E-state index contributed by atoms with van der Waals surface area (Å²) < 4.78 is 2.50. The van der Waals surface area contributed by atoms with Crippen molar-refractivity contribution in [3.05, 3.63) is 74.4 Å². The smallest absolute Gasteiger partial charge is 0.270 e. The van der Waals surface area contributed by atoms with Gasteiger partial charge in [-0.15, -0.1) is 5.10 Å². The highest BCUT2D eigenvalue weighted by Crippen LogP contribution is 2.43. The van der Waals surface area contributed by atoms with Gasteiger partial charge in [-0.2, -0.15) is 5.53 Å². The van der Waals surface area contributed by atoms with Gasteiger partial charge in [-0.05, 0) is 62.6 Å². The molecule has 2 aliphatic heterocycles. The van der Waals surface area contributed by atoms with Crippen LogP contribution in [0, 0.1) is 11.4 Å². The first-order valence-corrected chi connectivity index (χ1v) is 15.4. The van der Waals surface area contributed by atoms with E-state index in [1.807, 2.05) is 24.3 Å². The minimum atomic E-state index is -1.26. The minimum absolute atomic E-state index is 0.119. The molecular weight excluding hydrogens is 673 g/mol. The lowest BCUT2D eigenvalue weighted by Gasteiger charge is -2.34. The highest BCUT2D eigenvalue weighted by Gasteiger charge is 2.51. The van der Waals surface area contributed by atoms with E-state index in [1.165, 1.54) is 11.1 Å². The number of carbonyl (C=O) groups excluding carboxylic acids is 3. The number of nitrogens with one attached hydrogen (secondary N) is 2. The molecule has 5 rings (SSSR count). The Morgan fingerprint density at radius 1 is 1.23 bits per heavy atom. The molecule has 0 radical (unpaired) electrons. The molecular formula is C29H30BrCl2N9O3. The number of fused-ring (bicyclic) bond motifs is 1. The van der Waals surface area contributed by atoms with Gasteiger partial charge >= 0.3 is 0 Å². The summed E-state index contributed by atoms with van der Waals surface area (Å²) in [6.45, 7) is 4.17. The van der Waals surface area contributed by atoms with Crippen LogP contribution in [0.3, 0.4) is 0 Å². The van der Waals surface area contributed by atoms with Gasteiger partial charge in [0.25, 0.3) is 11.8 Å². The molecule has 2 aromatic carbocycles. The van der Waals surface area contributed by atoms with Gasteiger partial charge in [0.2, 0.25) is 11.9 Å². The van der Waals surface area contributed by atoms with Crippen LogP contribution in [0.25, 0.3) is 0 Å². The normalized spacial score (nSPS) is 20.8. The average Bonchev–Trinajstić information content (AvgIpc) is 3.51. The Labute approximate surface area is 272 Å². The van der Waals surface area contributed by atoms with Crippen molar-refractivity contribution in [2.45, 2.75) is 44.7 Å². The van der Waals surface area contributed by atoms with E-state index in [0.29, 0.717) is 35.2 Å². The number of hydrogen-bond donors (Lipinski definition) is 3. The number of hydrogen-bond acceptors (Lipinski definition) is 6. The SMILES string of the molecule is C[C@H](NC(=O)c1cnc2n1[C@](C)(Cc1ccc(Br)cc1)C(=O)N2c1cc(Cl)cc(Cl)c1)C(=O)N1CCC[C@@H](C(N)=NN=N)C1. The van der Waals surface area contributed by atoms with Gasteiger partial charge in [0.05, 0.1) is 11.9 Å². The first-order chi connectivity index (χ1) is 20.9. The number of benzene rings is 2. The minimum Gasteiger partial charge on any atom is -0.385 e. The van der Waals surface area contributed by atoms with Crippen LogP contribution in [-0.4, -0.2) is 57.1 Å². The van der Waals surface area contributed by atoms with Crippen molar-refractivity contribution in [1.82, 2.24) is 19.8 Å². The number of amidine groups is 1. The Balaban J connectivity index is 1.46. The highest BCUT2D eigenvalue weighted by atomic mass is 79.9. The fraction of sp³-hybridized carbons (Fsp3) is 0.345. The fourth-order valence-corrected chi connectivity index (χ4v) is 6.57. The number of likely N-dealkylation sites (tertiary alicyclic amines) is 1. The molecule has 1 fully saturated rings. The number of rotatable bonds is 8. The lowest BCUT2D eigenvalue weighted by atomic mass is 9.91. The Bertz CT molecular complexity index is 1640. The van der Waals surface area contributed by atoms with Crippen LogP contribution in [0.2, 0.25) is 10.0 Å². The third kappa shape index (κ3) is 6.08. The number of piperidine rings is 1. The number of nitrogens with zero attached hydrogens (tertiary/aromatic N) is 6. The Hall–Kier alpha value is -3.81. The molecule has 230 valence electrons. The van der Waals surface area contributed by atoms with Crippen LogP contribution in [-0.2, 0) is 21.5 Å². The topological polar surface area (TPSA) is 162 Å². The van der Waals surface area contributed by atoms with Gasteiger partial charge in [0, 0.05) is 39.9 Å². The zero-order valence-corrected chi connectivity index (χ0v) is 27.0. The lowest BCUT2D eigenvalue weighted by molar-refractivity contribution is -0.134. The van der Waals surface area contributed by atoms with Crippen LogP contribution in [0.4, 0.5) is 11.6 Å². The maximum atomic E-state index is 14.2. The molecule has 44 heavy (non-hydrogen) atoms. The second-order valence-corrected chi connectivity index (χ2v) is 12.9. The lowest BCUT2D eigenvalue weighted by Crippen LogP contribution is -2.52. The predicted molar refractivity (Wildman–Crippen MR) is 170 cm³/mol. The maximum absolute atomic E-state index is 14.2. The van der Waals surface area contributed by atoms with Crippen LogP contribution in [0.15, 0.2) is 63.5 Å². The van der Waals surface area contributed by atoms with Crippen molar-refractivity contribution in [3.8, 4) is 0 Å². The molecule has 1 aromatic heterocycles. The van der Waals surface area contributed by atoms with Crippen molar-refractivity contribution in [2.24, 2.45) is 22.0 Å². The van der Waals surface area contributed by atoms with E-state index >= 15 is 0 Å². The Morgan fingerprint density at radius 2 is 1.91 bits per heavy atom. The number of amides is 3. The zero-order valence-electron chi connectivity index (χ0n) is 23.9. The summed E-state index contributed by atoms with van der Waals surface area (Å²) in [6.07, 6.45) is 3.06. The van der Waals surface area contributed by atoms with Crippen LogP contribution >= 0.6 is 39.1 Å². The average molecular weight is 703 g/mol. The summed E-state index contributed by atoms with van der Waals surface area (Å²) in [4.78, 5) is 48.9. The highest BCUT2D eigenvalue weighted by molar-refractivity contribution is 9.10. The summed E-state index contributed by atoms with van der Waals surface area (Å²) in [7, 11) is 0. The zero-order chi connectivity index (χ0) is 31.8. The quantitative estimate of drug-likeness (QED) is 0.126. The third-order valence-electron chi connectivity index (χ3n) is 7.94. The first-order valence-electron chi connectivity index (χ1n) is 13.9. The molecule has 0 unspecified atom stereocenters. The summed E-state index contributed by atoms with van der Waals surface area (Å²) >= 11 is 16.0. The molecule has 15 heteroatoms. The molecule has 3 aromatic rings. The molecule has 1 saturated heterocycles. The number of aromatic nitrogens is 2. The number of anilines is 2. The largest absolute Gasteiger partial charge is 0.385 e. The Kier molecular flexibility index (Phi) is 9.10. The van der Waals surface area contributed by atoms with Crippen molar-refractivity contribution < 1.29 is 14.4 Å². The number of carbonyl (C=O) groups is 3. The monoisotopic (exact) mass is 701 g/mol. The molecule has 3 amide bonds. The number of halogens is 3. The maximum Gasteiger partial charge on any atom is 0.270 e.